The average molecular weight is 234 g/mol. The van der Waals surface area contributed by atoms with Crippen LogP contribution < -0.4 is 0 Å². The van der Waals surface area contributed by atoms with Crippen LogP contribution in [0.2, 0.25) is 0 Å². The topological polar surface area (TPSA) is 130 Å². The molecule has 0 aromatic heterocycles. The van der Waals surface area contributed by atoms with Crippen LogP contribution >= 0.6 is 15.7 Å². The maximum Gasteiger partial charge on any atom is 0.484 e. The standard InChI is InChI=1S/C3H8O8P2/c4-1-3(5)2-10-13(8,9)11-12(6)7/h3-5H,1-2H2,(H,8,9). The summed E-state index contributed by atoms with van der Waals surface area (Å²) in [6.07, 6.45) is -1.37. The molecule has 10 heteroatoms. The zero-order chi connectivity index (χ0) is 10.5. The lowest BCUT2D eigenvalue weighted by molar-refractivity contribution is 0.0432. The number of phosphoric acid groups is 1. The van der Waals surface area contributed by atoms with Gasteiger partial charge in [0.25, 0.3) is 0 Å². The number of aliphatic hydroxyl groups excluding tert-OH is 2. The first-order chi connectivity index (χ1) is 5.87. The van der Waals surface area contributed by atoms with Gasteiger partial charge in [0.1, 0.15) is 6.10 Å². The summed E-state index contributed by atoms with van der Waals surface area (Å²) in [5.41, 5.74) is 0. The quantitative estimate of drug-likeness (QED) is 0.527. The SMILES string of the molecule is O=P(=O)OP(=O)(O)OCC(O)CO. The second-order valence-electron chi connectivity index (χ2n) is 1.91. The van der Waals surface area contributed by atoms with Crippen molar-refractivity contribution >= 4 is 15.7 Å². The first kappa shape index (κ1) is 12.9. The van der Waals surface area contributed by atoms with Gasteiger partial charge in [-0.05, 0) is 0 Å². The van der Waals surface area contributed by atoms with Gasteiger partial charge in [-0.1, -0.05) is 0 Å². The molecule has 0 heterocycles. The van der Waals surface area contributed by atoms with Crippen LogP contribution in [0.15, 0.2) is 0 Å². The van der Waals surface area contributed by atoms with E-state index in [1.54, 1.807) is 0 Å². The molecule has 0 amide bonds. The third-order valence-electron chi connectivity index (χ3n) is 0.811. The van der Waals surface area contributed by atoms with Crippen LogP contribution in [-0.2, 0) is 22.5 Å². The molecule has 0 rings (SSSR count). The van der Waals surface area contributed by atoms with E-state index in [2.05, 4.69) is 8.83 Å². The van der Waals surface area contributed by atoms with E-state index < -0.39 is 35.0 Å². The highest BCUT2D eigenvalue weighted by atomic mass is 31.2. The maximum atomic E-state index is 10.6. The molecule has 3 N–H and O–H groups in total. The minimum Gasteiger partial charge on any atom is -0.394 e. The van der Waals surface area contributed by atoms with Gasteiger partial charge in [-0.25, -0.2) is 13.7 Å². The molecule has 0 bridgehead atoms. The van der Waals surface area contributed by atoms with Gasteiger partial charge in [0.05, 0.1) is 13.2 Å². The fraction of sp³-hybridized carbons (Fsp3) is 1.00. The lowest BCUT2D eigenvalue weighted by atomic mass is 10.4. The van der Waals surface area contributed by atoms with Crippen LogP contribution in [0.25, 0.3) is 0 Å². The molecule has 2 unspecified atom stereocenters. The number of hydrogen-bond donors (Lipinski definition) is 3. The van der Waals surface area contributed by atoms with Crippen LogP contribution in [0.4, 0.5) is 0 Å². The number of aliphatic hydroxyl groups is 2. The summed E-state index contributed by atoms with van der Waals surface area (Å²) in [5.74, 6) is 0. The molecular weight excluding hydrogens is 226 g/mol. The highest BCUT2D eigenvalue weighted by Gasteiger charge is 2.25. The van der Waals surface area contributed by atoms with Crippen molar-refractivity contribution in [2.75, 3.05) is 13.2 Å². The number of rotatable bonds is 6. The Balaban J connectivity index is 3.96. The Kier molecular flexibility index (Phi) is 5.59. The monoisotopic (exact) mass is 234 g/mol. The Morgan fingerprint density at radius 3 is 2.38 bits per heavy atom. The van der Waals surface area contributed by atoms with Gasteiger partial charge < -0.3 is 15.1 Å². The van der Waals surface area contributed by atoms with E-state index in [9.17, 15) is 13.7 Å². The normalized spacial score (nSPS) is 17.8. The van der Waals surface area contributed by atoms with Gasteiger partial charge in [-0.15, -0.1) is 0 Å². The minimum absolute atomic E-state index is 0.677. The summed E-state index contributed by atoms with van der Waals surface area (Å²) in [7, 11) is -8.19. The van der Waals surface area contributed by atoms with E-state index in [1.165, 1.54) is 0 Å². The van der Waals surface area contributed by atoms with Crippen LogP contribution in [-0.4, -0.2) is 34.4 Å². The molecule has 2 atom stereocenters. The van der Waals surface area contributed by atoms with Crippen LogP contribution in [0.5, 0.6) is 0 Å². The van der Waals surface area contributed by atoms with E-state index >= 15 is 0 Å². The molecule has 13 heavy (non-hydrogen) atoms. The fourth-order valence-corrected chi connectivity index (χ4v) is 1.56. The Morgan fingerprint density at radius 2 is 2.00 bits per heavy atom. The molecule has 0 aliphatic carbocycles. The molecule has 78 valence electrons. The Hall–Kier alpha value is -0.0700. The largest absolute Gasteiger partial charge is 0.484 e. The third kappa shape index (κ3) is 7.04. The molecule has 0 fully saturated rings. The van der Waals surface area contributed by atoms with Crippen LogP contribution in [0.1, 0.15) is 0 Å². The molecule has 0 saturated heterocycles. The first-order valence-electron chi connectivity index (χ1n) is 2.98. The van der Waals surface area contributed by atoms with Crippen molar-refractivity contribution in [1.29, 1.82) is 0 Å². The Morgan fingerprint density at radius 1 is 1.46 bits per heavy atom. The molecule has 0 spiro atoms. The fourth-order valence-electron chi connectivity index (χ4n) is 0.341. The predicted octanol–water partition coefficient (Wildman–Crippen LogP) is -0.439. The van der Waals surface area contributed by atoms with Gasteiger partial charge in [-0.3, -0.25) is 4.52 Å². The lowest BCUT2D eigenvalue weighted by Crippen LogP contribution is -2.18. The van der Waals surface area contributed by atoms with Crippen LogP contribution in [0, 0.1) is 0 Å². The zero-order valence-electron chi connectivity index (χ0n) is 6.27. The Labute approximate surface area is 73.6 Å². The molecule has 0 aliphatic heterocycles. The molecule has 0 saturated carbocycles. The second-order valence-corrected chi connectivity index (χ2v) is 4.20. The summed E-state index contributed by atoms with van der Waals surface area (Å²) in [6, 6.07) is 0. The molecule has 0 aromatic carbocycles. The second kappa shape index (κ2) is 5.62. The van der Waals surface area contributed by atoms with Gasteiger partial charge in [-0.2, -0.15) is 4.31 Å². The van der Waals surface area contributed by atoms with Crippen molar-refractivity contribution in [3.63, 3.8) is 0 Å². The van der Waals surface area contributed by atoms with E-state index in [0.717, 1.165) is 0 Å². The zero-order valence-corrected chi connectivity index (χ0v) is 8.06. The number of hydrogen-bond acceptors (Lipinski definition) is 7. The summed E-state index contributed by atoms with van der Waals surface area (Å²) in [4.78, 5) is 8.56. The molecule has 0 aliphatic rings. The van der Waals surface area contributed by atoms with Gasteiger partial charge in [0.2, 0.25) is 0 Å². The molecular formula is C3H8O8P2. The van der Waals surface area contributed by atoms with Crippen molar-refractivity contribution in [3.8, 4) is 0 Å². The number of phosphoric ester groups is 1. The third-order valence-corrected chi connectivity index (χ3v) is 2.64. The molecule has 0 radical (unpaired) electrons. The van der Waals surface area contributed by atoms with Crippen molar-refractivity contribution in [1.82, 2.24) is 0 Å². The van der Waals surface area contributed by atoms with Gasteiger partial charge >= 0.3 is 15.7 Å². The van der Waals surface area contributed by atoms with E-state index in [0.29, 0.717) is 0 Å². The smallest absolute Gasteiger partial charge is 0.394 e. The van der Waals surface area contributed by atoms with Gasteiger partial charge in [0, 0.05) is 0 Å². The highest BCUT2D eigenvalue weighted by Crippen LogP contribution is 2.48. The summed E-state index contributed by atoms with van der Waals surface area (Å²) < 4.78 is 37.7. The van der Waals surface area contributed by atoms with Crippen LogP contribution in [0.3, 0.4) is 0 Å². The Bertz CT molecular complexity index is 250. The first-order valence-corrected chi connectivity index (χ1v) is 5.57. The summed E-state index contributed by atoms with van der Waals surface area (Å²) >= 11 is 0. The maximum absolute atomic E-state index is 10.6. The van der Waals surface area contributed by atoms with Crippen molar-refractivity contribution in [2.45, 2.75) is 6.10 Å². The lowest BCUT2D eigenvalue weighted by Gasteiger charge is -2.09. The predicted molar refractivity (Wildman–Crippen MR) is 38.2 cm³/mol. The summed E-state index contributed by atoms with van der Waals surface area (Å²) in [6.45, 7) is -1.38. The van der Waals surface area contributed by atoms with E-state index in [1.807, 2.05) is 0 Å². The van der Waals surface area contributed by atoms with Crippen molar-refractivity contribution in [2.24, 2.45) is 0 Å². The minimum atomic E-state index is -4.68. The van der Waals surface area contributed by atoms with Crippen molar-refractivity contribution < 1.29 is 37.6 Å². The molecule has 0 aromatic rings. The van der Waals surface area contributed by atoms with Crippen molar-refractivity contribution in [3.05, 3.63) is 0 Å². The van der Waals surface area contributed by atoms with E-state index in [4.69, 9.17) is 15.1 Å². The summed E-state index contributed by atoms with van der Waals surface area (Å²) in [5, 5.41) is 16.9. The van der Waals surface area contributed by atoms with Gasteiger partial charge in [0.15, 0.2) is 0 Å². The average Bonchev–Trinajstić information content (AvgIpc) is 1.98. The molecule has 8 nitrogen and oxygen atoms in total. The highest BCUT2D eigenvalue weighted by molar-refractivity contribution is 7.54. The van der Waals surface area contributed by atoms with E-state index in [-0.39, 0.29) is 0 Å².